The van der Waals surface area contributed by atoms with E-state index in [1.54, 1.807) is 6.07 Å². The summed E-state index contributed by atoms with van der Waals surface area (Å²) >= 11 is 0. The van der Waals surface area contributed by atoms with Crippen LogP contribution in [0.15, 0.2) is 23.0 Å². The van der Waals surface area contributed by atoms with E-state index in [0.29, 0.717) is 18.0 Å². The first-order valence-corrected chi connectivity index (χ1v) is 4.91. The molecule has 1 aromatic heterocycles. The molecular weight excluding hydrogens is 178 g/mol. The summed E-state index contributed by atoms with van der Waals surface area (Å²) in [5.74, 6) is 0.502. The van der Waals surface area contributed by atoms with Gasteiger partial charge in [0.1, 0.15) is 6.26 Å². The Balaban J connectivity index is 2.66. The molecule has 1 atom stereocenters. The molecule has 0 aliphatic carbocycles. The molecular formula is C11H17NO2. The Labute approximate surface area is 84.3 Å². The van der Waals surface area contributed by atoms with Gasteiger partial charge in [-0.15, -0.1) is 0 Å². The highest BCUT2D eigenvalue weighted by molar-refractivity contribution is 5.97. The van der Waals surface area contributed by atoms with Crippen molar-refractivity contribution in [3.8, 4) is 0 Å². The van der Waals surface area contributed by atoms with Gasteiger partial charge in [-0.05, 0) is 18.4 Å². The summed E-state index contributed by atoms with van der Waals surface area (Å²) in [6.45, 7) is 4.58. The normalized spacial score (nSPS) is 13.1. The predicted molar refractivity (Wildman–Crippen MR) is 55.0 cm³/mol. The first-order valence-electron chi connectivity index (χ1n) is 4.91. The molecule has 0 saturated carbocycles. The van der Waals surface area contributed by atoms with E-state index in [4.69, 9.17) is 10.2 Å². The van der Waals surface area contributed by atoms with Gasteiger partial charge in [-0.1, -0.05) is 13.8 Å². The molecule has 0 aliphatic heterocycles. The fourth-order valence-corrected chi connectivity index (χ4v) is 1.52. The van der Waals surface area contributed by atoms with Crippen LogP contribution >= 0.6 is 0 Å². The molecule has 1 rings (SSSR count). The molecule has 1 heterocycles. The van der Waals surface area contributed by atoms with Gasteiger partial charge in [-0.2, -0.15) is 0 Å². The van der Waals surface area contributed by atoms with E-state index in [1.807, 2.05) is 0 Å². The largest absolute Gasteiger partial charge is 0.472 e. The van der Waals surface area contributed by atoms with Crippen molar-refractivity contribution < 1.29 is 9.21 Å². The molecule has 0 saturated heterocycles. The van der Waals surface area contributed by atoms with E-state index in [9.17, 15) is 4.79 Å². The third-order valence-corrected chi connectivity index (χ3v) is 2.22. The monoisotopic (exact) mass is 195 g/mol. The van der Waals surface area contributed by atoms with Gasteiger partial charge in [-0.25, -0.2) is 0 Å². The van der Waals surface area contributed by atoms with Crippen LogP contribution in [0.5, 0.6) is 0 Å². The van der Waals surface area contributed by atoms with Crippen LogP contribution in [0.4, 0.5) is 0 Å². The van der Waals surface area contributed by atoms with Gasteiger partial charge in [-0.3, -0.25) is 4.79 Å². The third kappa shape index (κ3) is 2.70. The van der Waals surface area contributed by atoms with E-state index in [1.165, 1.54) is 12.5 Å². The van der Waals surface area contributed by atoms with Gasteiger partial charge < -0.3 is 10.2 Å². The number of nitrogens with two attached hydrogens (primary N) is 1. The lowest BCUT2D eigenvalue weighted by Crippen LogP contribution is -2.25. The van der Waals surface area contributed by atoms with Crippen molar-refractivity contribution in [2.45, 2.75) is 20.3 Å². The molecule has 0 aliphatic rings. The smallest absolute Gasteiger partial charge is 0.170 e. The van der Waals surface area contributed by atoms with E-state index < -0.39 is 0 Å². The number of Topliss-reactive ketones (excluding diaryl/α,β-unsaturated/α-hetero) is 1. The van der Waals surface area contributed by atoms with Crippen LogP contribution in [0.1, 0.15) is 30.6 Å². The van der Waals surface area contributed by atoms with Crippen molar-refractivity contribution >= 4 is 5.78 Å². The molecule has 0 radical (unpaired) electrons. The predicted octanol–water partition coefficient (Wildman–Crippen LogP) is 2.08. The van der Waals surface area contributed by atoms with Crippen molar-refractivity contribution in [2.75, 3.05) is 6.54 Å². The maximum Gasteiger partial charge on any atom is 0.170 e. The second-order valence-corrected chi connectivity index (χ2v) is 3.94. The summed E-state index contributed by atoms with van der Waals surface area (Å²) in [6, 6.07) is 1.69. The molecule has 3 nitrogen and oxygen atoms in total. The first kappa shape index (κ1) is 11.0. The molecule has 0 aromatic carbocycles. The van der Waals surface area contributed by atoms with E-state index >= 15 is 0 Å². The number of ketones is 1. The van der Waals surface area contributed by atoms with Crippen molar-refractivity contribution in [1.29, 1.82) is 0 Å². The molecule has 1 unspecified atom stereocenters. The van der Waals surface area contributed by atoms with Gasteiger partial charge in [0.25, 0.3) is 0 Å². The van der Waals surface area contributed by atoms with E-state index in [-0.39, 0.29) is 11.7 Å². The van der Waals surface area contributed by atoms with Gasteiger partial charge in [0.05, 0.1) is 11.8 Å². The summed E-state index contributed by atoms with van der Waals surface area (Å²) in [6.07, 6.45) is 3.82. The zero-order valence-corrected chi connectivity index (χ0v) is 8.69. The van der Waals surface area contributed by atoms with Gasteiger partial charge >= 0.3 is 0 Å². The molecule has 1 aromatic rings. The molecule has 0 bridgehead atoms. The van der Waals surface area contributed by atoms with E-state index in [2.05, 4.69) is 13.8 Å². The van der Waals surface area contributed by atoms with Crippen LogP contribution in [0, 0.1) is 11.8 Å². The van der Waals surface area contributed by atoms with Crippen molar-refractivity contribution in [3.05, 3.63) is 24.2 Å². The Morgan fingerprint density at radius 1 is 1.57 bits per heavy atom. The first-order chi connectivity index (χ1) is 6.65. The SMILES string of the molecule is CC(C)CC(CN)C(=O)c1ccoc1. The minimum atomic E-state index is -0.0763. The van der Waals surface area contributed by atoms with Gasteiger partial charge in [0.2, 0.25) is 0 Å². The minimum absolute atomic E-state index is 0.0763. The summed E-state index contributed by atoms with van der Waals surface area (Å²) in [4.78, 5) is 11.8. The maximum absolute atomic E-state index is 11.8. The highest BCUT2D eigenvalue weighted by Crippen LogP contribution is 2.16. The number of carbonyl (C=O) groups excluding carboxylic acids is 1. The lowest BCUT2D eigenvalue weighted by atomic mass is 9.91. The van der Waals surface area contributed by atoms with E-state index in [0.717, 1.165) is 6.42 Å². The average Bonchev–Trinajstić information content (AvgIpc) is 2.65. The Morgan fingerprint density at radius 3 is 2.71 bits per heavy atom. The molecule has 3 heteroatoms. The Bertz CT molecular complexity index is 277. The molecule has 0 fully saturated rings. The van der Waals surface area contributed by atoms with Gasteiger partial charge in [0, 0.05) is 12.5 Å². The fraction of sp³-hybridized carbons (Fsp3) is 0.545. The summed E-state index contributed by atoms with van der Waals surface area (Å²) < 4.78 is 4.87. The molecule has 0 spiro atoms. The maximum atomic E-state index is 11.8. The Kier molecular flexibility index (Phi) is 3.89. The standard InChI is InChI=1S/C11H17NO2/c1-8(2)5-10(6-12)11(13)9-3-4-14-7-9/h3-4,7-8,10H,5-6,12H2,1-2H3. The quantitative estimate of drug-likeness (QED) is 0.732. The molecule has 0 amide bonds. The zero-order valence-electron chi connectivity index (χ0n) is 8.69. The van der Waals surface area contributed by atoms with Gasteiger partial charge in [0.15, 0.2) is 5.78 Å². The second-order valence-electron chi connectivity index (χ2n) is 3.94. The Morgan fingerprint density at radius 2 is 2.29 bits per heavy atom. The molecule has 78 valence electrons. The van der Waals surface area contributed by atoms with Crippen LogP contribution in [0.25, 0.3) is 0 Å². The zero-order chi connectivity index (χ0) is 10.6. The number of hydrogen-bond acceptors (Lipinski definition) is 3. The topological polar surface area (TPSA) is 56.2 Å². The summed E-state index contributed by atoms with van der Waals surface area (Å²) in [5, 5.41) is 0. The fourth-order valence-electron chi connectivity index (χ4n) is 1.52. The summed E-state index contributed by atoms with van der Waals surface area (Å²) in [7, 11) is 0. The van der Waals surface area contributed by atoms with Crippen LogP contribution in [0.2, 0.25) is 0 Å². The number of hydrogen-bond donors (Lipinski definition) is 1. The van der Waals surface area contributed by atoms with Crippen molar-refractivity contribution in [2.24, 2.45) is 17.6 Å². The number of rotatable bonds is 5. The van der Waals surface area contributed by atoms with Crippen LogP contribution < -0.4 is 5.73 Å². The van der Waals surface area contributed by atoms with Crippen LogP contribution in [0.3, 0.4) is 0 Å². The molecule has 14 heavy (non-hydrogen) atoms. The number of furan rings is 1. The van der Waals surface area contributed by atoms with Crippen LogP contribution in [-0.4, -0.2) is 12.3 Å². The lowest BCUT2D eigenvalue weighted by molar-refractivity contribution is 0.0908. The second kappa shape index (κ2) is 4.96. The minimum Gasteiger partial charge on any atom is -0.472 e. The van der Waals surface area contributed by atoms with Crippen molar-refractivity contribution in [1.82, 2.24) is 0 Å². The lowest BCUT2D eigenvalue weighted by Gasteiger charge is -2.14. The summed E-state index contributed by atoms with van der Waals surface area (Å²) in [5.41, 5.74) is 6.20. The highest BCUT2D eigenvalue weighted by atomic mass is 16.3. The van der Waals surface area contributed by atoms with Crippen molar-refractivity contribution in [3.63, 3.8) is 0 Å². The number of carbonyl (C=O) groups is 1. The van der Waals surface area contributed by atoms with Crippen LogP contribution in [-0.2, 0) is 0 Å². The molecule has 2 N–H and O–H groups in total. The third-order valence-electron chi connectivity index (χ3n) is 2.22. The Hall–Kier alpha value is -1.09. The highest BCUT2D eigenvalue weighted by Gasteiger charge is 2.20. The average molecular weight is 195 g/mol.